The van der Waals surface area contributed by atoms with Crippen LogP contribution in [0.3, 0.4) is 0 Å². The predicted molar refractivity (Wildman–Crippen MR) is 114 cm³/mol. The highest BCUT2D eigenvalue weighted by Crippen LogP contribution is 2.29. The van der Waals surface area contributed by atoms with Crippen molar-refractivity contribution >= 4 is 28.7 Å². The Morgan fingerprint density at radius 1 is 1.36 bits per heavy atom. The van der Waals surface area contributed by atoms with Gasteiger partial charge in [0.1, 0.15) is 11.3 Å². The average Bonchev–Trinajstić information content (AvgIpc) is 3.35. The van der Waals surface area contributed by atoms with Gasteiger partial charge in [-0.05, 0) is 43.6 Å². The van der Waals surface area contributed by atoms with Gasteiger partial charge >= 0.3 is 12.1 Å². The van der Waals surface area contributed by atoms with Gasteiger partial charge in [0.15, 0.2) is 5.65 Å². The normalized spacial score (nSPS) is 16.2. The lowest BCUT2D eigenvalue weighted by molar-refractivity contribution is -0.274. The summed E-state index contributed by atoms with van der Waals surface area (Å²) in [5.74, 6) is -0.146. The molecule has 3 heterocycles. The number of aromatic amines is 1. The first-order chi connectivity index (χ1) is 15.7. The van der Waals surface area contributed by atoms with E-state index < -0.39 is 23.7 Å². The SMILES string of the molecule is CC(=O)Nc1ccc(OC(F)(F)F)c(Cn2c(=O)[nH]c3cnc(NC[C@H]4CCNC4)nc32)c1. The van der Waals surface area contributed by atoms with Crippen LogP contribution < -0.4 is 26.4 Å². The van der Waals surface area contributed by atoms with E-state index in [-0.39, 0.29) is 23.4 Å². The Hall–Kier alpha value is -3.61. The smallest absolute Gasteiger partial charge is 0.405 e. The first-order valence-corrected chi connectivity index (χ1v) is 10.2. The lowest BCUT2D eigenvalue weighted by Crippen LogP contribution is -2.22. The van der Waals surface area contributed by atoms with Crippen molar-refractivity contribution in [3.05, 3.63) is 40.4 Å². The molecular weight excluding hydrogens is 443 g/mol. The number of benzene rings is 1. The summed E-state index contributed by atoms with van der Waals surface area (Å²) in [7, 11) is 0. The number of hydrogen-bond acceptors (Lipinski definition) is 7. The van der Waals surface area contributed by atoms with Crippen LogP contribution in [0.1, 0.15) is 18.9 Å². The van der Waals surface area contributed by atoms with Crippen LogP contribution in [0.5, 0.6) is 5.75 Å². The molecule has 176 valence electrons. The molecule has 0 unspecified atom stereocenters. The fourth-order valence-corrected chi connectivity index (χ4v) is 3.68. The van der Waals surface area contributed by atoms with Crippen molar-refractivity contribution in [3.8, 4) is 5.75 Å². The maximum absolute atomic E-state index is 12.9. The molecule has 4 N–H and O–H groups in total. The van der Waals surface area contributed by atoms with Gasteiger partial charge in [-0.25, -0.2) is 9.78 Å². The predicted octanol–water partition coefficient (Wildman–Crippen LogP) is 2.05. The van der Waals surface area contributed by atoms with E-state index in [9.17, 15) is 22.8 Å². The van der Waals surface area contributed by atoms with Gasteiger partial charge in [0.05, 0.1) is 12.7 Å². The molecule has 0 radical (unpaired) electrons. The lowest BCUT2D eigenvalue weighted by atomic mass is 10.1. The highest BCUT2D eigenvalue weighted by Gasteiger charge is 2.32. The van der Waals surface area contributed by atoms with Gasteiger partial charge in [0, 0.05) is 24.7 Å². The number of ether oxygens (including phenoxy) is 1. The zero-order valence-electron chi connectivity index (χ0n) is 17.6. The fraction of sp³-hybridized carbons (Fsp3) is 0.400. The lowest BCUT2D eigenvalue weighted by Gasteiger charge is -2.15. The summed E-state index contributed by atoms with van der Waals surface area (Å²) in [6.07, 6.45) is -2.46. The Bertz CT molecular complexity index is 1220. The zero-order chi connectivity index (χ0) is 23.6. The molecule has 1 atom stereocenters. The van der Waals surface area contributed by atoms with E-state index in [2.05, 4.69) is 35.6 Å². The Kier molecular flexibility index (Phi) is 6.22. The van der Waals surface area contributed by atoms with E-state index in [0.29, 0.717) is 23.9 Å². The van der Waals surface area contributed by atoms with Crippen LogP contribution in [0.2, 0.25) is 0 Å². The molecule has 1 aliphatic rings. The molecule has 13 heteroatoms. The molecule has 3 aromatic rings. The first kappa shape index (κ1) is 22.6. The maximum atomic E-state index is 12.9. The molecule has 0 aliphatic carbocycles. The third-order valence-electron chi connectivity index (χ3n) is 5.16. The minimum absolute atomic E-state index is 0.0340. The number of anilines is 2. The summed E-state index contributed by atoms with van der Waals surface area (Å²) in [4.78, 5) is 35.1. The molecule has 4 rings (SSSR count). The Labute approximate surface area is 185 Å². The Balaban J connectivity index is 1.66. The van der Waals surface area contributed by atoms with Gasteiger partial charge in [-0.2, -0.15) is 4.98 Å². The number of rotatable bonds is 7. The summed E-state index contributed by atoms with van der Waals surface area (Å²) in [6.45, 7) is 3.48. The van der Waals surface area contributed by atoms with Crippen LogP contribution in [0.25, 0.3) is 11.2 Å². The quantitative estimate of drug-likeness (QED) is 0.421. The van der Waals surface area contributed by atoms with Crippen molar-refractivity contribution in [2.75, 3.05) is 30.3 Å². The van der Waals surface area contributed by atoms with Crippen LogP contribution in [0.4, 0.5) is 24.8 Å². The summed E-state index contributed by atoms with van der Waals surface area (Å²) in [5.41, 5.74) is 0.294. The number of imidazole rings is 1. The van der Waals surface area contributed by atoms with Crippen LogP contribution in [0, 0.1) is 5.92 Å². The van der Waals surface area contributed by atoms with E-state index in [0.717, 1.165) is 25.6 Å². The second-order valence-corrected chi connectivity index (χ2v) is 7.74. The van der Waals surface area contributed by atoms with Crippen molar-refractivity contribution in [1.29, 1.82) is 0 Å². The van der Waals surface area contributed by atoms with Crippen LogP contribution in [-0.2, 0) is 11.3 Å². The molecule has 0 bridgehead atoms. The van der Waals surface area contributed by atoms with Crippen LogP contribution >= 0.6 is 0 Å². The van der Waals surface area contributed by atoms with E-state index in [1.807, 2.05) is 0 Å². The second kappa shape index (κ2) is 9.10. The largest absolute Gasteiger partial charge is 0.573 e. The maximum Gasteiger partial charge on any atom is 0.573 e. The van der Waals surface area contributed by atoms with Gasteiger partial charge in [-0.3, -0.25) is 9.36 Å². The molecule has 1 saturated heterocycles. The third-order valence-corrected chi connectivity index (χ3v) is 5.16. The van der Waals surface area contributed by atoms with Crippen molar-refractivity contribution < 1.29 is 22.7 Å². The number of hydrogen-bond donors (Lipinski definition) is 4. The first-order valence-electron chi connectivity index (χ1n) is 10.2. The minimum Gasteiger partial charge on any atom is -0.405 e. The average molecular weight is 465 g/mol. The van der Waals surface area contributed by atoms with Crippen molar-refractivity contribution in [2.24, 2.45) is 5.92 Å². The van der Waals surface area contributed by atoms with Crippen molar-refractivity contribution in [1.82, 2.24) is 24.8 Å². The number of amides is 1. The third kappa shape index (κ3) is 5.61. The van der Waals surface area contributed by atoms with Crippen molar-refractivity contribution in [2.45, 2.75) is 26.3 Å². The molecule has 1 aromatic carbocycles. The highest BCUT2D eigenvalue weighted by atomic mass is 19.4. The number of nitrogens with zero attached hydrogens (tertiary/aromatic N) is 3. The number of carbonyl (C=O) groups is 1. The number of aromatic nitrogens is 4. The van der Waals surface area contributed by atoms with Gasteiger partial charge < -0.3 is 25.7 Å². The van der Waals surface area contributed by atoms with Crippen LogP contribution in [-0.4, -0.2) is 51.4 Å². The number of fused-ring (bicyclic) bond motifs is 1. The molecule has 10 nitrogen and oxygen atoms in total. The van der Waals surface area contributed by atoms with Gasteiger partial charge in [0.25, 0.3) is 0 Å². The summed E-state index contributed by atoms with van der Waals surface area (Å²) >= 11 is 0. The summed E-state index contributed by atoms with van der Waals surface area (Å²) < 4.78 is 44.0. The monoisotopic (exact) mass is 465 g/mol. The molecule has 0 saturated carbocycles. The van der Waals surface area contributed by atoms with E-state index in [1.54, 1.807) is 0 Å². The van der Waals surface area contributed by atoms with Crippen LogP contribution in [0.15, 0.2) is 29.2 Å². The van der Waals surface area contributed by atoms with Gasteiger partial charge in [-0.1, -0.05) is 0 Å². The highest BCUT2D eigenvalue weighted by molar-refractivity contribution is 5.88. The second-order valence-electron chi connectivity index (χ2n) is 7.74. The van der Waals surface area contributed by atoms with E-state index in [1.165, 1.54) is 29.8 Å². The number of carbonyl (C=O) groups excluding carboxylic acids is 1. The summed E-state index contributed by atoms with van der Waals surface area (Å²) in [5, 5.41) is 8.91. The zero-order valence-corrected chi connectivity index (χ0v) is 17.6. The van der Waals surface area contributed by atoms with Gasteiger partial charge in [0.2, 0.25) is 11.9 Å². The van der Waals surface area contributed by atoms with E-state index >= 15 is 0 Å². The Morgan fingerprint density at radius 2 is 2.18 bits per heavy atom. The number of halogens is 3. The number of nitrogens with one attached hydrogen (secondary N) is 4. The topological polar surface area (TPSA) is 126 Å². The van der Waals surface area contributed by atoms with Crippen molar-refractivity contribution in [3.63, 3.8) is 0 Å². The molecule has 0 spiro atoms. The molecule has 33 heavy (non-hydrogen) atoms. The molecule has 1 aliphatic heterocycles. The number of alkyl halides is 3. The molecule has 2 aromatic heterocycles. The molecule has 1 amide bonds. The molecule has 1 fully saturated rings. The summed E-state index contributed by atoms with van der Waals surface area (Å²) in [6, 6.07) is 3.69. The van der Waals surface area contributed by atoms with Gasteiger partial charge in [-0.15, -0.1) is 13.2 Å². The minimum atomic E-state index is -4.93. The standard InChI is InChI=1S/C20H22F3N7O3/c1-11(31)27-14-2-3-16(33-20(21,22)23)13(6-14)10-30-17-15(28-19(30)32)9-26-18(29-17)25-8-12-4-5-24-7-12/h2-3,6,9,12,24H,4-5,7-8,10H2,1H3,(H,27,31)(H,28,32)(H,25,26,29)/t12-/m0/s1. The van der Waals surface area contributed by atoms with E-state index in [4.69, 9.17) is 0 Å². The fourth-order valence-electron chi connectivity index (χ4n) is 3.68. The molecular formula is C20H22F3N7O3. The Morgan fingerprint density at radius 3 is 2.88 bits per heavy atom. The number of H-pyrrole nitrogens is 1.